The lowest BCUT2D eigenvalue weighted by Crippen LogP contribution is -2.59. The summed E-state index contributed by atoms with van der Waals surface area (Å²) in [5.74, 6) is -3.52. The summed E-state index contributed by atoms with van der Waals surface area (Å²) in [6.07, 6.45) is 3.84. The van der Waals surface area contributed by atoms with Crippen LogP contribution in [0.1, 0.15) is 68.9 Å². The second kappa shape index (κ2) is 17.3. The van der Waals surface area contributed by atoms with Gasteiger partial charge in [-0.3, -0.25) is 19.3 Å². The smallest absolute Gasteiger partial charge is 0.410 e. The molecule has 0 radical (unpaired) electrons. The van der Waals surface area contributed by atoms with Gasteiger partial charge < -0.3 is 35.6 Å². The minimum atomic E-state index is -4.43. The van der Waals surface area contributed by atoms with Crippen molar-refractivity contribution in [3.63, 3.8) is 0 Å². The van der Waals surface area contributed by atoms with Crippen molar-refractivity contribution in [1.29, 1.82) is 0 Å². The highest BCUT2D eigenvalue weighted by Gasteiger charge is 2.61. The number of carbonyl (C=O) groups excluding carboxylic acids is 5. The third-order valence-corrected chi connectivity index (χ3v) is 13.0. The van der Waals surface area contributed by atoms with E-state index in [9.17, 15) is 36.8 Å². The van der Waals surface area contributed by atoms with Crippen LogP contribution in [0.25, 0.3) is 0 Å². The van der Waals surface area contributed by atoms with Crippen LogP contribution >= 0.6 is 0 Å². The number of carbonyl (C=O) groups is 5. The van der Waals surface area contributed by atoms with Crippen LogP contribution in [0, 0.1) is 11.7 Å². The number of rotatable bonds is 4. The third-order valence-electron chi connectivity index (χ3n) is 11.6. The number of anilines is 1. The van der Waals surface area contributed by atoms with Gasteiger partial charge in [0.1, 0.15) is 40.5 Å². The van der Waals surface area contributed by atoms with E-state index >= 15 is 0 Å². The second-order valence-corrected chi connectivity index (χ2v) is 17.3. The van der Waals surface area contributed by atoms with Gasteiger partial charge in [-0.15, -0.1) is 6.58 Å². The number of nitrogens with one attached hydrogen (secondary N) is 5. The number of alkyl carbamates (subject to hydrolysis) is 1. The molecule has 58 heavy (non-hydrogen) atoms. The highest BCUT2D eigenvalue weighted by atomic mass is 32.2. The van der Waals surface area contributed by atoms with Gasteiger partial charge in [-0.1, -0.05) is 36.8 Å². The lowest BCUT2D eigenvalue weighted by atomic mass is 10.1. The van der Waals surface area contributed by atoms with Crippen molar-refractivity contribution < 1.29 is 46.3 Å². The number of para-hydroxylation sites is 1. The van der Waals surface area contributed by atoms with Gasteiger partial charge in [0.05, 0.1) is 18.8 Å². The minimum absolute atomic E-state index is 0.000138. The van der Waals surface area contributed by atoms with Crippen LogP contribution in [0.4, 0.5) is 19.7 Å². The Labute approximate surface area is 336 Å². The van der Waals surface area contributed by atoms with Gasteiger partial charge in [-0.05, 0) is 75.3 Å². The molecule has 0 unspecified atom stereocenters. The number of ether oxygens (including phenoxy) is 2. The predicted octanol–water partition coefficient (Wildman–Crippen LogP) is 3.04. The van der Waals surface area contributed by atoms with Crippen molar-refractivity contribution in [2.24, 2.45) is 5.92 Å². The zero-order valence-electron chi connectivity index (χ0n) is 32.2. The zero-order chi connectivity index (χ0) is 41.0. The summed E-state index contributed by atoms with van der Waals surface area (Å²) >= 11 is 0. The normalized spacial score (nSPS) is 27.9. The van der Waals surface area contributed by atoms with Gasteiger partial charge in [-0.2, -0.15) is 0 Å². The first-order valence-electron chi connectivity index (χ1n) is 19.9. The molecule has 5 amide bonds. The first-order chi connectivity index (χ1) is 27.9. The number of sulfonamides is 1. The van der Waals surface area contributed by atoms with E-state index < -0.39 is 75.4 Å². The van der Waals surface area contributed by atoms with Crippen molar-refractivity contribution in [2.75, 3.05) is 31.5 Å². The molecule has 2 aromatic carbocycles. The summed E-state index contributed by atoms with van der Waals surface area (Å²) in [6, 6.07) is 8.30. The molecule has 16 nitrogen and oxygen atoms in total. The molecule has 1 saturated heterocycles. The molecular weight excluding hydrogens is 774 g/mol. The molecule has 1 spiro atoms. The Morgan fingerprint density at radius 2 is 1.72 bits per heavy atom. The molecule has 312 valence electrons. The van der Waals surface area contributed by atoms with E-state index in [1.807, 2.05) is 0 Å². The van der Waals surface area contributed by atoms with Gasteiger partial charge in [0.2, 0.25) is 11.8 Å². The fraction of sp³-hybridized carbons (Fsp3) is 0.525. The van der Waals surface area contributed by atoms with Crippen molar-refractivity contribution in [2.45, 2.75) is 106 Å². The standard InChI is InChI=1S/C40H50FN7O9S/c1-2-26-20-40(26)37(51)46-58(54,55)34-16-7-6-15-31(34)43-18-9-3-8-17-42-21-32(44-38(52)56-27-12-4-5-13-27)36(50)48-23-28(19-33(48)35(49)45-40)57-39(53)47-22-25-11-10-14-30(41)29(25)24-47/h2,6-7,10-11,14-16,26-28,32-33,42-43H,1,3-5,8-9,12-13,17-24H2,(H,44,52)(H,45,49)(H,46,51)/t26-,28-,32+,33+,40-/m1/s1. The molecule has 3 heterocycles. The van der Waals surface area contributed by atoms with E-state index in [1.54, 1.807) is 30.3 Å². The van der Waals surface area contributed by atoms with E-state index in [4.69, 9.17) is 9.47 Å². The molecule has 3 fully saturated rings. The van der Waals surface area contributed by atoms with Gasteiger partial charge >= 0.3 is 12.2 Å². The van der Waals surface area contributed by atoms with Crippen molar-refractivity contribution in [1.82, 2.24) is 30.5 Å². The number of hydrogen-bond donors (Lipinski definition) is 5. The summed E-state index contributed by atoms with van der Waals surface area (Å²) in [5.41, 5.74) is -0.393. The van der Waals surface area contributed by atoms with Gasteiger partial charge in [0.15, 0.2) is 0 Å². The van der Waals surface area contributed by atoms with Crippen LogP contribution in [-0.4, -0.2) is 104 Å². The molecule has 7 rings (SSSR count). The molecule has 5 N–H and O–H groups in total. The number of hydrogen-bond acceptors (Lipinski definition) is 11. The molecule has 0 bridgehead atoms. The van der Waals surface area contributed by atoms with E-state index in [-0.39, 0.29) is 50.0 Å². The molecule has 5 aliphatic rings. The van der Waals surface area contributed by atoms with E-state index in [1.165, 1.54) is 28.0 Å². The predicted molar refractivity (Wildman–Crippen MR) is 208 cm³/mol. The topological polar surface area (TPSA) is 205 Å². The second-order valence-electron chi connectivity index (χ2n) is 15.6. The average molecular weight is 824 g/mol. The Bertz CT molecular complexity index is 2050. The van der Waals surface area contributed by atoms with Crippen LogP contribution in [0.15, 0.2) is 60.0 Å². The van der Waals surface area contributed by atoms with Crippen molar-refractivity contribution in [3.05, 3.63) is 72.1 Å². The molecular formula is C40H50FN7O9S. The van der Waals surface area contributed by atoms with Crippen molar-refractivity contribution >= 4 is 45.6 Å². The quantitative estimate of drug-likeness (QED) is 0.284. The Morgan fingerprint density at radius 1 is 0.948 bits per heavy atom. The van der Waals surface area contributed by atoms with Crippen LogP contribution in [0.2, 0.25) is 0 Å². The first-order valence-corrected chi connectivity index (χ1v) is 21.4. The van der Waals surface area contributed by atoms with Crippen LogP contribution in [0.3, 0.4) is 0 Å². The zero-order valence-corrected chi connectivity index (χ0v) is 33.0. The molecule has 2 aromatic rings. The monoisotopic (exact) mass is 823 g/mol. The lowest BCUT2D eigenvalue weighted by molar-refractivity contribution is -0.141. The fourth-order valence-electron chi connectivity index (χ4n) is 8.31. The molecule has 18 heteroatoms. The van der Waals surface area contributed by atoms with Crippen molar-refractivity contribution in [3.8, 4) is 0 Å². The number of halogens is 1. The summed E-state index contributed by atoms with van der Waals surface area (Å²) in [6.45, 7) is 4.54. The number of nitrogens with zero attached hydrogens (tertiary/aromatic N) is 2. The Kier molecular flexibility index (Phi) is 12.2. The number of benzene rings is 2. The van der Waals surface area contributed by atoms with Crippen LogP contribution in [-0.2, 0) is 47.0 Å². The average Bonchev–Trinajstić information content (AvgIpc) is 3.59. The van der Waals surface area contributed by atoms with E-state index in [0.717, 1.165) is 19.3 Å². The van der Waals surface area contributed by atoms with E-state index in [2.05, 4.69) is 32.6 Å². The van der Waals surface area contributed by atoms with Gasteiger partial charge in [0.25, 0.3) is 15.9 Å². The molecule has 0 aromatic heterocycles. The molecule has 5 atom stereocenters. The third kappa shape index (κ3) is 8.92. The highest BCUT2D eigenvalue weighted by molar-refractivity contribution is 7.90. The largest absolute Gasteiger partial charge is 0.446 e. The minimum Gasteiger partial charge on any atom is -0.446 e. The molecule has 2 saturated carbocycles. The Morgan fingerprint density at radius 3 is 2.48 bits per heavy atom. The van der Waals surface area contributed by atoms with Gasteiger partial charge in [-0.25, -0.2) is 27.1 Å². The van der Waals surface area contributed by atoms with E-state index in [0.29, 0.717) is 55.6 Å². The maximum Gasteiger partial charge on any atom is 0.410 e. The lowest BCUT2D eigenvalue weighted by Gasteiger charge is -2.30. The first kappa shape index (κ1) is 40.9. The fourth-order valence-corrected chi connectivity index (χ4v) is 9.53. The summed E-state index contributed by atoms with van der Waals surface area (Å²) in [5, 5.41) is 11.8. The molecule has 2 aliphatic carbocycles. The SMILES string of the molecule is C=C[C@@H]1C[C@@]12NC(=O)[C@@H]1C[C@@H](OC(=O)N3Cc4cccc(F)c4C3)CN1C(=O)[C@@H](NC(=O)OC1CCCC1)CNCCCCCNc1ccccc1S(=O)(=O)NC2=O. The van der Waals surface area contributed by atoms with Crippen LogP contribution < -0.4 is 26.0 Å². The highest BCUT2D eigenvalue weighted by Crippen LogP contribution is 2.45. The van der Waals surface area contributed by atoms with Gasteiger partial charge in [0, 0.05) is 37.5 Å². The maximum atomic E-state index is 14.5. The summed E-state index contributed by atoms with van der Waals surface area (Å²) in [4.78, 5) is 71.8. The Hall–Kier alpha value is -5.23. The van der Waals surface area contributed by atoms with Crippen LogP contribution in [0.5, 0.6) is 0 Å². The summed E-state index contributed by atoms with van der Waals surface area (Å²) < 4.78 is 55.5. The molecule has 3 aliphatic heterocycles. The maximum absolute atomic E-state index is 14.5. The number of amides is 5. The Balaban J connectivity index is 1.16. The summed E-state index contributed by atoms with van der Waals surface area (Å²) in [7, 11) is -4.43. The number of fused-ring (bicyclic) bond motifs is 3.